The van der Waals surface area contributed by atoms with Crippen molar-refractivity contribution in [3.63, 3.8) is 0 Å². The van der Waals surface area contributed by atoms with E-state index in [1.807, 2.05) is 48.5 Å². The molecule has 18 N–H and O–H groups in total. The number of aliphatic hydroxyl groups is 8. The highest BCUT2D eigenvalue weighted by Crippen LogP contribution is 2.56. The molecule has 12 aliphatic rings. The fraction of sp³-hybridized carbons (Fsp3) is 0.407. The van der Waals surface area contributed by atoms with E-state index >= 15 is 33.6 Å². The van der Waals surface area contributed by atoms with E-state index in [2.05, 4.69) is 37.2 Å². The van der Waals surface area contributed by atoms with Crippen LogP contribution in [0.1, 0.15) is 151 Å². The second-order valence-electron chi connectivity index (χ2n) is 33.0. The first kappa shape index (κ1) is 81.4. The number of nitrogens with one attached hydrogen (secondary N) is 7. The molecule has 0 unspecified atom stereocenters. The summed E-state index contributed by atoms with van der Waals surface area (Å²) >= 11 is 7.18. The van der Waals surface area contributed by atoms with Gasteiger partial charge in [0.05, 0.1) is 18.1 Å². The standard InChI is InChI=1S/C86H90ClN9O23/c1-35(2)19-57(96(4)85(112)115-34-52-48-11-7-5-9-46(48)47-10-6-8-12-49(47)52)78(106)94-69-71(100)40-14-17-58(36(3)20-40)116-60-28-44-29-61(76(60)119-84-75(104)74(103)73(102)62(33-97)118-84)117-59-18-15-41(27-55(59)87)72(101)70-83(111)93-68(81(109)90-65-42-22-37-21-38(24-42)25-43(65)23-37)51-30-45(98)31-54-64(51)50-26-39(13-16-53(50)86(54,113)114)66(79(107)95-70)92-80(108)67(44)91-77(105)56(32-63(88)99)89-82(69)110/h5-18,20,26-31,35,37-38,42-43,52,56-57,62,65-75,84,97-98,100-104,113-114H,19,21-25,32-34H2,1-4H3,(H2,88,99)(H,89,110)(H,90,109)(H,91,105)(H,92,108)(H,93,111)(H,94,106)(H,95,107)/t37?,38?,42?,43?,56-,57+,62+,65?,66+,67+,68-,69+,70-,71+,72+,73+,74-,75+,84-/m0/s1. The van der Waals surface area contributed by atoms with E-state index in [1.54, 1.807) is 13.8 Å². The number of aliphatic hydroxyl groups excluding tert-OH is 6. The van der Waals surface area contributed by atoms with Crippen molar-refractivity contribution in [3.05, 3.63) is 188 Å². The smallest absolute Gasteiger partial charge is 0.410 e. The number of carbonyl (C=O) groups is 9. The fourth-order valence-corrected chi connectivity index (χ4v) is 19.2. The summed E-state index contributed by atoms with van der Waals surface area (Å²) < 4.78 is 31.7. The number of hydrogen-bond acceptors (Lipinski definition) is 23. The first-order valence-electron chi connectivity index (χ1n) is 39.5. The van der Waals surface area contributed by atoms with Crippen molar-refractivity contribution in [1.29, 1.82) is 0 Å². The van der Waals surface area contributed by atoms with E-state index < -0.39 is 186 Å². The highest BCUT2D eigenvalue weighted by atomic mass is 35.5. The predicted octanol–water partition coefficient (Wildman–Crippen LogP) is 4.13. The van der Waals surface area contributed by atoms with Crippen molar-refractivity contribution in [2.45, 2.75) is 169 Å². The number of halogens is 1. The molecule has 7 aromatic rings. The highest BCUT2D eigenvalue weighted by molar-refractivity contribution is 6.32. The molecular weight excluding hydrogens is 1560 g/mol. The van der Waals surface area contributed by atoms with Crippen molar-refractivity contribution in [1.82, 2.24) is 42.1 Å². The van der Waals surface area contributed by atoms with Gasteiger partial charge in [-0.15, -0.1) is 0 Å². The quantitative estimate of drug-likeness (QED) is 0.0681. The number of aromatic hydroxyl groups is 1. The van der Waals surface area contributed by atoms with Crippen LogP contribution in [0.2, 0.25) is 5.02 Å². The Bertz CT molecular complexity index is 5220. The average Bonchev–Trinajstić information content (AvgIpc) is 1.56. The summed E-state index contributed by atoms with van der Waals surface area (Å²) in [5.74, 6) is -15.0. The summed E-state index contributed by atoms with van der Waals surface area (Å²) in [6, 6.07) is 16.4. The molecule has 6 aliphatic heterocycles. The molecule has 9 amide bonds. The molecule has 0 spiro atoms. The van der Waals surface area contributed by atoms with Gasteiger partial charge in [-0.05, 0) is 196 Å². The lowest BCUT2D eigenvalue weighted by Gasteiger charge is -2.54. The van der Waals surface area contributed by atoms with Gasteiger partial charge < -0.3 is 113 Å². The van der Waals surface area contributed by atoms with Crippen LogP contribution in [0, 0.1) is 36.5 Å². The summed E-state index contributed by atoms with van der Waals surface area (Å²) in [5.41, 5.74) is 7.90. The van der Waals surface area contributed by atoms with Gasteiger partial charge in [0.15, 0.2) is 11.5 Å². The van der Waals surface area contributed by atoms with Crippen molar-refractivity contribution < 1.29 is 113 Å². The van der Waals surface area contributed by atoms with Crippen LogP contribution in [0.15, 0.2) is 127 Å². The Balaban J connectivity index is 0.819. The molecule has 1 saturated heterocycles. The van der Waals surface area contributed by atoms with Crippen molar-refractivity contribution >= 4 is 65.0 Å². The Morgan fingerprint density at radius 2 is 1.24 bits per heavy atom. The number of benzene rings is 7. The maximum absolute atomic E-state index is 16.4. The number of phenolic OH excluding ortho intramolecular Hbond substituents is 1. The molecule has 119 heavy (non-hydrogen) atoms. The van der Waals surface area contributed by atoms with Crippen LogP contribution in [0.5, 0.6) is 34.5 Å². The van der Waals surface area contributed by atoms with Gasteiger partial charge in [0, 0.05) is 30.1 Å². The van der Waals surface area contributed by atoms with Gasteiger partial charge >= 0.3 is 6.09 Å². The second kappa shape index (κ2) is 32.1. The van der Waals surface area contributed by atoms with Gasteiger partial charge in [0.2, 0.25) is 65.1 Å². The van der Waals surface area contributed by atoms with Gasteiger partial charge in [-0.1, -0.05) is 98.2 Å². The first-order chi connectivity index (χ1) is 56.8. The lowest BCUT2D eigenvalue weighted by molar-refractivity contribution is -0.277. The summed E-state index contributed by atoms with van der Waals surface area (Å²) in [7, 11) is 1.33. The molecule has 32 nitrogen and oxygen atoms in total. The highest BCUT2D eigenvalue weighted by Gasteiger charge is 2.53. The predicted molar refractivity (Wildman–Crippen MR) is 420 cm³/mol. The van der Waals surface area contributed by atoms with E-state index in [-0.39, 0.29) is 109 Å². The van der Waals surface area contributed by atoms with E-state index in [0.717, 1.165) is 83.5 Å². The monoisotopic (exact) mass is 1650 g/mol. The van der Waals surface area contributed by atoms with E-state index in [4.69, 9.17) is 41.0 Å². The zero-order valence-corrected chi connectivity index (χ0v) is 65.5. The van der Waals surface area contributed by atoms with Gasteiger partial charge in [-0.2, -0.15) is 0 Å². The van der Waals surface area contributed by atoms with Crippen LogP contribution >= 0.6 is 11.6 Å². The number of fused-ring (bicyclic) bond motifs is 15. The SMILES string of the molecule is Cc1cc2ccc1Oc1cc3cc(c1O[C@@H]1O[C@H](CO)[C@@H](O)[C@H](O)[C@H]1O)Oc1ccc(cc1Cl)[C@@H](O)[C@@H]1NC(=O)[C@H](NC(=O)[C@@H]3NC(=O)[C@H](CC(N)=O)NC(=O)[C@H](NC(=O)[C@@H](CC(C)C)N(C)C(=O)OCC3c4ccccc4-c4ccccc43)[C@@H]2O)c2ccc3c(c2)-c2c(cc(O)cc2C3(O)O)[C@@H](C(=O)NC2C3CC4CC(C3)CC2C4)NC1=O. The number of likely N-dealkylation sites (N-methyl/N-ethyl adjacent to an activating group) is 1. The molecule has 6 heterocycles. The van der Waals surface area contributed by atoms with Gasteiger partial charge in [0.1, 0.15) is 103 Å². The van der Waals surface area contributed by atoms with Crippen LogP contribution < -0.4 is 57.2 Å². The van der Waals surface area contributed by atoms with E-state index in [1.165, 1.54) is 68.6 Å². The Morgan fingerprint density at radius 3 is 1.88 bits per heavy atom. The Labute approximate surface area is 685 Å². The Morgan fingerprint density at radius 1 is 0.630 bits per heavy atom. The molecule has 7 aromatic carbocycles. The molecule has 15 bridgehead atoms. The van der Waals surface area contributed by atoms with Gasteiger partial charge in [0.25, 0.3) is 0 Å². The minimum absolute atomic E-state index is 0.0480. The third-order valence-electron chi connectivity index (χ3n) is 24.7. The minimum atomic E-state index is -2.96. The molecule has 19 rings (SSSR count). The maximum Gasteiger partial charge on any atom is 0.410 e. The zero-order chi connectivity index (χ0) is 84.2. The normalized spacial score (nSPS) is 28.5. The lowest BCUT2D eigenvalue weighted by Crippen LogP contribution is -2.60. The number of primary amides is 1. The lowest BCUT2D eigenvalue weighted by atomic mass is 9.54. The number of hydrogen-bond donors (Lipinski definition) is 17. The maximum atomic E-state index is 16.4. The number of ether oxygens (including phenoxy) is 5. The molecule has 33 heteroatoms. The number of rotatable bonds is 14. The zero-order valence-electron chi connectivity index (χ0n) is 64.8. The van der Waals surface area contributed by atoms with Crippen molar-refractivity contribution in [2.75, 3.05) is 20.3 Å². The largest absolute Gasteiger partial charge is 0.508 e. The fourth-order valence-electron chi connectivity index (χ4n) is 19.0. The van der Waals surface area contributed by atoms with Crippen LogP contribution in [0.3, 0.4) is 0 Å². The first-order valence-corrected chi connectivity index (χ1v) is 39.9. The molecule has 0 radical (unpaired) electrons. The molecule has 6 aliphatic carbocycles. The molecule has 0 aromatic heterocycles. The second-order valence-corrected chi connectivity index (χ2v) is 33.4. The Kier molecular flexibility index (Phi) is 22.0. The van der Waals surface area contributed by atoms with Crippen molar-refractivity contribution in [2.24, 2.45) is 35.3 Å². The third kappa shape index (κ3) is 15.3. The van der Waals surface area contributed by atoms with Crippen LogP contribution in [-0.4, -0.2) is 185 Å². The number of nitrogens with two attached hydrogens (primary N) is 1. The molecule has 14 atom stereocenters. The summed E-state index contributed by atoms with van der Waals surface area (Å²) in [5, 5.41) is 124. The summed E-state index contributed by atoms with van der Waals surface area (Å²) in [6.45, 7) is 3.96. The van der Waals surface area contributed by atoms with Crippen LogP contribution in [-0.2, 0) is 53.6 Å². The number of carbonyl (C=O) groups excluding carboxylic acids is 9. The van der Waals surface area contributed by atoms with E-state index in [0.29, 0.717) is 11.8 Å². The average molecular weight is 1650 g/mol. The van der Waals surface area contributed by atoms with Gasteiger partial charge in [-0.25, -0.2) is 4.79 Å². The number of aryl methyl sites for hydroxylation is 1. The molecule has 4 saturated carbocycles. The van der Waals surface area contributed by atoms with Crippen LogP contribution in [0.25, 0.3) is 22.3 Å². The topological polar surface area (TPSA) is 495 Å². The molecular formula is C86H90ClN9O23. The van der Waals surface area contributed by atoms with Crippen LogP contribution in [0.4, 0.5) is 4.79 Å². The summed E-state index contributed by atoms with van der Waals surface area (Å²) in [4.78, 5) is 139. The van der Waals surface area contributed by atoms with E-state index in [9.17, 15) is 55.5 Å². The minimum Gasteiger partial charge on any atom is -0.508 e. The van der Waals surface area contributed by atoms with Crippen molar-refractivity contribution in [3.8, 4) is 56.8 Å². The molecule has 5 fully saturated rings. The van der Waals surface area contributed by atoms with Gasteiger partial charge in [-0.3, -0.25) is 43.3 Å². The number of nitrogens with zero attached hydrogens (tertiary/aromatic N) is 1. The number of phenols is 1. The summed E-state index contributed by atoms with van der Waals surface area (Å²) in [6.07, 6.45) is -11.6. The molecule has 624 valence electrons. The third-order valence-corrected chi connectivity index (χ3v) is 25.0. The Hall–Kier alpha value is -11.3. The number of amides is 9.